The number of aromatic nitrogens is 1. The van der Waals surface area contributed by atoms with Crippen LogP contribution in [-0.4, -0.2) is 59.3 Å². The van der Waals surface area contributed by atoms with E-state index in [0.717, 1.165) is 62.9 Å². The van der Waals surface area contributed by atoms with Gasteiger partial charge in [0, 0.05) is 49.9 Å². The van der Waals surface area contributed by atoms with Crippen LogP contribution < -0.4 is 5.32 Å². The molecule has 2 aromatic carbocycles. The Bertz CT molecular complexity index is 1250. The molecule has 1 fully saturated rings. The van der Waals surface area contributed by atoms with Crippen LogP contribution in [0.15, 0.2) is 48.7 Å². The highest BCUT2D eigenvalue weighted by molar-refractivity contribution is 5.97. The fraction of sp³-hybridized carbons (Fsp3) is 0.414. The maximum absolute atomic E-state index is 13.4. The lowest BCUT2D eigenvalue weighted by molar-refractivity contribution is -0.138. The van der Waals surface area contributed by atoms with Crippen LogP contribution in [0.4, 0.5) is 0 Å². The minimum absolute atomic E-state index is 0.0422. The first kappa shape index (κ1) is 23.5. The van der Waals surface area contributed by atoms with Crippen molar-refractivity contribution in [3.8, 4) is 0 Å². The monoisotopic (exact) mass is 470 g/mol. The number of aryl methyl sites for hydroxylation is 2. The van der Waals surface area contributed by atoms with Gasteiger partial charge in [-0.3, -0.25) is 14.6 Å². The second-order valence-corrected chi connectivity index (χ2v) is 10.0. The van der Waals surface area contributed by atoms with Gasteiger partial charge in [-0.2, -0.15) is 0 Å². The first-order valence-electron chi connectivity index (χ1n) is 12.7. The summed E-state index contributed by atoms with van der Waals surface area (Å²) >= 11 is 0. The maximum Gasteiger partial charge on any atom is 0.251 e. The predicted octanol–water partition coefficient (Wildman–Crippen LogP) is 3.88. The number of nitrogens with zero attached hydrogens (tertiary/aromatic N) is 3. The van der Waals surface area contributed by atoms with Gasteiger partial charge in [0.2, 0.25) is 5.91 Å². The molecule has 35 heavy (non-hydrogen) atoms. The van der Waals surface area contributed by atoms with Crippen molar-refractivity contribution in [2.45, 2.75) is 39.7 Å². The van der Waals surface area contributed by atoms with Crippen LogP contribution in [0.5, 0.6) is 0 Å². The zero-order valence-corrected chi connectivity index (χ0v) is 20.7. The van der Waals surface area contributed by atoms with Crippen molar-refractivity contribution in [2.75, 3.05) is 32.7 Å². The third-order valence-electron chi connectivity index (χ3n) is 7.57. The number of carbonyl (C=O) groups excluding carboxylic acids is 2. The molecule has 0 spiro atoms. The molecule has 2 aliphatic rings. The summed E-state index contributed by atoms with van der Waals surface area (Å²) in [4.78, 5) is 34.7. The lowest BCUT2D eigenvalue weighted by atomic mass is 9.92. The number of rotatable bonds is 5. The van der Waals surface area contributed by atoms with Gasteiger partial charge in [0.15, 0.2) is 0 Å². The van der Waals surface area contributed by atoms with E-state index in [9.17, 15) is 9.59 Å². The van der Waals surface area contributed by atoms with Crippen molar-refractivity contribution < 1.29 is 9.59 Å². The number of piperidine rings is 1. The van der Waals surface area contributed by atoms with E-state index in [1.807, 2.05) is 30.3 Å². The summed E-state index contributed by atoms with van der Waals surface area (Å²) in [6.07, 6.45) is 4.66. The van der Waals surface area contributed by atoms with Gasteiger partial charge in [-0.25, -0.2) is 0 Å². The van der Waals surface area contributed by atoms with E-state index in [2.05, 4.69) is 46.1 Å². The fourth-order valence-corrected chi connectivity index (χ4v) is 5.41. The van der Waals surface area contributed by atoms with Crippen molar-refractivity contribution in [1.82, 2.24) is 20.1 Å². The number of likely N-dealkylation sites (tertiary alicyclic amines) is 1. The molecule has 0 bridgehead atoms. The Balaban J connectivity index is 1.13. The average molecular weight is 471 g/mol. The molecular formula is C29H34N4O2. The van der Waals surface area contributed by atoms with Gasteiger partial charge < -0.3 is 15.1 Å². The fourth-order valence-electron chi connectivity index (χ4n) is 5.41. The topological polar surface area (TPSA) is 65.5 Å². The molecular weight excluding hydrogens is 436 g/mol. The highest BCUT2D eigenvalue weighted by Crippen LogP contribution is 2.26. The van der Waals surface area contributed by atoms with Gasteiger partial charge >= 0.3 is 0 Å². The summed E-state index contributed by atoms with van der Waals surface area (Å²) in [7, 11) is 0. The summed E-state index contributed by atoms with van der Waals surface area (Å²) in [5.74, 6) is 0.255. The molecule has 2 aliphatic heterocycles. The van der Waals surface area contributed by atoms with Gasteiger partial charge in [0.25, 0.3) is 5.91 Å². The Morgan fingerprint density at radius 3 is 2.74 bits per heavy atom. The number of fused-ring (bicyclic) bond motifs is 2. The van der Waals surface area contributed by atoms with Gasteiger partial charge in [-0.05, 0) is 86.2 Å². The Morgan fingerprint density at radius 2 is 1.89 bits per heavy atom. The van der Waals surface area contributed by atoms with Crippen LogP contribution in [0.2, 0.25) is 0 Å². The first-order valence-corrected chi connectivity index (χ1v) is 12.7. The molecule has 5 rings (SSSR count). The van der Waals surface area contributed by atoms with Crippen molar-refractivity contribution in [1.29, 1.82) is 0 Å². The van der Waals surface area contributed by atoms with Crippen molar-refractivity contribution in [3.05, 3.63) is 76.5 Å². The zero-order chi connectivity index (χ0) is 24.4. The summed E-state index contributed by atoms with van der Waals surface area (Å²) in [6.45, 7) is 8.91. The second kappa shape index (κ2) is 10.2. The van der Waals surface area contributed by atoms with Crippen LogP contribution in [0.1, 0.15) is 45.5 Å². The molecule has 1 unspecified atom stereocenters. The van der Waals surface area contributed by atoms with Crippen LogP contribution in [0, 0.1) is 19.8 Å². The van der Waals surface area contributed by atoms with E-state index >= 15 is 0 Å². The van der Waals surface area contributed by atoms with E-state index in [-0.39, 0.29) is 17.7 Å². The number of hydrogen-bond acceptors (Lipinski definition) is 4. The van der Waals surface area contributed by atoms with Crippen LogP contribution in [-0.2, 0) is 17.8 Å². The van der Waals surface area contributed by atoms with Gasteiger partial charge in [0.05, 0.1) is 11.4 Å². The van der Waals surface area contributed by atoms with Crippen LogP contribution in [0.25, 0.3) is 10.9 Å². The third-order valence-corrected chi connectivity index (χ3v) is 7.57. The molecule has 1 N–H and O–H groups in total. The normalized spacial score (nSPS) is 18.3. The second-order valence-electron chi connectivity index (χ2n) is 10.0. The lowest BCUT2D eigenvalue weighted by Gasteiger charge is -2.37. The largest absolute Gasteiger partial charge is 0.351 e. The molecule has 1 aromatic heterocycles. The van der Waals surface area contributed by atoms with Gasteiger partial charge in [-0.1, -0.05) is 18.2 Å². The van der Waals surface area contributed by atoms with Crippen LogP contribution >= 0.6 is 0 Å². The first-order chi connectivity index (χ1) is 17.0. The van der Waals surface area contributed by atoms with Crippen molar-refractivity contribution >= 4 is 22.7 Å². The van der Waals surface area contributed by atoms with Crippen molar-refractivity contribution in [3.63, 3.8) is 0 Å². The van der Waals surface area contributed by atoms with Gasteiger partial charge in [0.1, 0.15) is 0 Å². The summed E-state index contributed by atoms with van der Waals surface area (Å²) in [5, 5.41) is 4.00. The molecule has 182 valence electrons. The molecule has 0 radical (unpaired) electrons. The molecule has 1 saturated heterocycles. The maximum atomic E-state index is 13.4. The number of pyridine rings is 1. The molecule has 2 amide bonds. The van der Waals surface area contributed by atoms with E-state index in [0.29, 0.717) is 12.1 Å². The quantitative estimate of drug-likeness (QED) is 0.615. The molecule has 0 saturated carbocycles. The minimum Gasteiger partial charge on any atom is -0.351 e. The van der Waals surface area contributed by atoms with E-state index < -0.39 is 0 Å². The summed E-state index contributed by atoms with van der Waals surface area (Å²) < 4.78 is 0. The van der Waals surface area contributed by atoms with Gasteiger partial charge in [-0.15, -0.1) is 0 Å². The SMILES string of the molecule is Cc1cc2c(cc1C)CN(C(=O)C1CCCN(CCNC(=O)c3ccc4ncccc4c3)C1)CC2. The molecule has 3 heterocycles. The Kier molecular flexibility index (Phi) is 6.82. The molecule has 6 heteroatoms. The zero-order valence-electron chi connectivity index (χ0n) is 20.7. The number of amides is 2. The molecule has 1 atom stereocenters. The highest BCUT2D eigenvalue weighted by Gasteiger charge is 2.31. The Morgan fingerprint density at radius 1 is 1.06 bits per heavy atom. The number of carbonyl (C=O) groups is 2. The number of nitrogens with one attached hydrogen (secondary N) is 1. The highest BCUT2D eigenvalue weighted by atomic mass is 16.2. The summed E-state index contributed by atoms with van der Waals surface area (Å²) in [5.41, 5.74) is 6.84. The van der Waals surface area contributed by atoms with Crippen LogP contribution in [0.3, 0.4) is 0 Å². The standard InChI is InChI=1S/C29H34N4O2/c1-20-15-22-9-13-33(19-26(22)16-21(20)2)29(35)25-6-4-12-32(18-25)14-11-31-28(34)24-7-8-27-23(17-24)5-3-10-30-27/h3,5,7-8,10,15-17,25H,4,6,9,11-14,18-19H2,1-2H3,(H,31,34). The number of hydrogen-bond donors (Lipinski definition) is 1. The smallest absolute Gasteiger partial charge is 0.251 e. The average Bonchev–Trinajstić information content (AvgIpc) is 2.88. The van der Waals surface area contributed by atoms with Crippen molar-refractivity contribution in [2.24, 2.45) is 5.92 Å². The predicted molar refractivity (Wildman–Crippen MR) is 138 cm³/mol. The van der Waals surface area contributed by atoms with E-state index in [4.69, 9.17) is 0 Å². The lowest BCUT2D eigenvalue weighted by Crippen LogP contribution is -2.47. The van der Waals surface area contributed by atoms with E-state index in [1.165, 1.54) is 22.3 Å². The molecule has 6 nitrogen and oxygen atoms in total. The molecule has 3 aromatic rings. The molecule has 0 aliphatic carbocycles. The minimum atomic E-state index is -0.0714. The third kappa shape index (κ3) is 5.22. The summed E-state index contributed by atoms with van der Waals surface area (Å²) in [6, 6.07) is 14.0. The van der Waals surface area contributed by atoms with E-state index in [1.54, 1.807) is 6.20 Å². The number of benzene rings is 2. The Hall–Kier alpha value is -3.25. The Labute approximate surface area is 207 Å².